The number of methoxy groups -OCH3 is 1. The Morgan fingerprint density at radius 1 is 0.967 bits per heavy atom. The molecule has 1 atom stereocenters. The van der Waals surface area contributed by atoms with Gasteiger partial charge in [0.2, 0.25) is 0 Å². The summed E-state index contributed by atoms with van der Waals surface area (Å²) in [6.07, 6.45) is 2.25. The molecule has 0 spiro atoms. The molecule has 160 valence electrons. The smallest absolute Gasteiger partial charge is 0.253 e. The summed E-state index contributed by atoms with van der Waals surface area (Å²) in [4.78, 5) is 20.2. The van der Waals surface area contributed by atoms with Gasteiger partial charge >= 0.3 is 0 Å². The van der Waals surface area contributed by atoms with Crippen LogP contribution in [0.4, 0.5) is 5.69 Å². The number of piperazine rings is 1. The Morgan fingerprint density at radius 3 is 2.43 bits per heavy atom. The lowest BCUT2D eigenvalue weighted by molar-refractivity contribution is 0.0563. The zero-order valence-electron chi connectivity index (χ0n) is 18.4. The van der Waals surface area contributed by atoms with E-state index in [1.807, 2.05) is 30.0 Å². The van der Waals surface area contributed by atoms with E-state index in [9.17, 15) is 4.79 Å². The topological polar surface area (TPSA) is 36.0 Å². The SMILES string of the molecule is COc1ccc(C(=O)N2CCC[C@@H](N3CCN(c4ccccc4C)CC3)C2)cc1C. The van der Waals surface area contributed by atoms with Gasteiger partial charge in [-0.2, -0.15) is 0 Å². The average Bonchev–Trinajstić information content (AvgIpc) is 2.79. The van der Waals surface area contributed by atoms with Crippen LogP contribution >= 0.6 is 0 Å². The van der Waals surface area contributed by atoms with Gasteiger partial charge in [-0.05, 0) is 62.1 Å². The Kier molecular flexibility index (Phi) is 6.28. The molecule has 30 heavy (non-hydrogen) atoms. The van der Waals surface area contributed by atoms with E-state index in [1.54, 1.807) is 7.11 Å². The first-order valence-electron chi connectivity index (χ1n) is 11.1. The number of amides is 1. The number of likely N-dealkylation sites (tertiary alicyclic amines) is 1. The highest BCUT2D eigenvalue weighted by atomic mass is 16.5. The number of benzene rings is 2. The van der Waals surface area contributed by atoms with Crippen LogP contribution in [0, 0.1) is 13.8 Å². The quantitative estimate of drug-likeness (QED) is 0.774. The van der Waals surface area contributed by atoms with Gasteiger partial charge in [0, 0.05) is 56.6 Å². The largest absolute Gasteiger partial charge is 0.496 e. The average molecular weight is 408 g/mol. The van der Waals surface area contributed by atoms with Crippen LogP contribution in [-0.2, 0) is 0 Å². The van der Waals surface area contributed by atoms with Gasteiger partial charge < -0.3 is 14.5 Å². The maximum Gasteiger partial charge on any atom is 0.253 e. The number of aryl methyl sites for hydroxylation is 2. The zero-order valence-corrected chi connectivity index (χ0v) is 18.4. The van der Waals surface area contributed by atoms with E-state index in [4.69, 9.17) is 4.74 Å². The molecule has 0 aliphatic carbocycles. The molecule has 2 heterocycles. The van der Waals surface area contributed by atoms with Gasteiger partial charge in [-0.15, -0.1) is 0 Å². The first-order valence-corrected chi connectivity index (χ1v) is 11.1. The molecule has 0 N–H and O–H groups in total. The van der Waals surface area contributed by atoms with Gasteiger partial charge in [0.25, 0.3) is 5.91 Å². The van der Waals surface area contributed by atoms with E-state index in [2.05, 4.69) is 41.0 Å². The summed E-state index contributed by atoms with van der Waals surface area (Å²) >= 11 is 0. The lowest BCUT2D eigenvalue weighted by atomic mass is 10.0. The van der Waals surface area contributed by atoms with E-state index < -0.39 is 0 Å². The Labute approximate surface area is 180 Å². The summed E-state index contributed by atoms with van der Waals surface area (Å²) in [7, 11) is 1.66. The van der Waals surface area contributed by atoms with E-state index in [1.165, 1.54) is 17.7 Å². The second kappa shape index (κ2) is 9.09. The van der Waals surface area contributed by atoms with Crippen LogP contribution in [0.15, 0.2) is 42.5 Å². The monoisotopic (exact) mass is 407 g/mol. The first-order chi connectivity index (χ1) is 14.6. The van der Waals surface area contributed by atoms with Crippen molar-refractivity contribution in [3.8, 4) is 5.75 Å². The van der Waals surface area contributed by atoms with Crippen LogP contribution < -0.4 is 9.64 Å². The van der Waals surface area contributed by atoms with Gasteiger partial charge in [0.15, 0.2) is 0 Å². The maximum atomic E-state index is 13.1. The van der Waals surface area contributed by atoms with Gasteiger partial charge in [-0.1, -0.05) is 18.2 Å². The molecule has 0 radical (unpaired) electrons. The fourth-order valence-electron chi connectivity index (χ4n) is 4.88. The van der Waals surface area contributed by atoms with Gasteiger partial charge in [-0.25, -0.2) is 0 Å². The van der Waals surface area contributed by atoms with E-state index in [0.717, 1.165) is 62.6 Å². The second-order valence-corrected chi connectivity index (χ2v) is 8.54. The lowest BCUT2D eigenvalue weighted by Gasteiger charge is -2.44. The van der Waals surface area contributed by atoms with Gasteiger partial charge in [-0.3, -0.25) is 9.69 Å². The third-order valence-corrected chi connectivity index (χ3v) is 6.61. The van der Waals surface area contributed by atoms with Crippen molar-refractivity contribution in [1.29, 1.82) is 0 Å². The molecule has 2 aliphatic rings. The van der Waals surface area contributed by atoms with Crippen LogP contribution in [0.1, 0.15) is 34.3 Å². The molecule has 2 saturated heterocycles. The number of rotatable bonds is 4. The summed E-state index contributed by atoms with van der Waals surface area (Å²) in [6, 6.07) is 14.8. The van der Waals surface area contributed by atoms with Crippen molar-refractivity contribution < 1.29 is 9.53 Å². The molecule has 0 bridgehead atoms. The molecular formula is C25H33N3O2. The number of carbonyl (C=O) groups is 1. The van der Waals surface area contributed by atoms with Crippen LogP contribution in [-0.4, -0.2) is 68.1 Å². The lowest BCUT2D eigenvalue weighted by Crippen LogP contribution is -2.56. The molecule has 0 saturated carbocycles. The Bertz CT molecular complexity index is 890. The third kappa shape index (κ3) is 4.31. The molecule has 5 heteroatoms. The zero-order chi connectivity index (χ0) is 21.1. The number of ether oxygens (including phenoxy) is 1. The number of hydrogen-bond donors (Lipinski definition) is 0. The highest BCUT2D eigenvalue weighted by Crippen LogP contribution is 2.25. The predicted molar refractivity (Wildman–Crippen MR) is 122 cm³/mol. The molecule has 1 amide bonds. The standard InChI is InChI=1S/C25H33N3O2/c1-19-7-4-5-9-23(19)27-15-13-26(14-16-27)22-8-6-12-28(18-22)25(29)21-10-11-24(30-3)20(2)17-21/h4-5,7,9-11,17,22H,6,8,12-16,18H2,1-3H3/t22-/m1/s1. The molecule has 0 aromatic heterocycles. The summed E-state index contributed by atoms with van der Waals surface area (Å²) in [5.74, 6) is 0.971. The second-order valence-electron chi connectivity index (χ2n) is 8.54. The molecule has 2 fully saturated rings. The maximum absolute atomic E-state index is 13.1. The van der Waals surface area contributed by atoms with Crippen molar-refractivity contribution in [3.63, 3.8) is 0 Å². The number of para-hydroxylation sites is 1. The van der Waals surface area contributed by atoms with Crippen LogP contribution in [0.25, 0.3) is 0 Å². The molecule has 5 nitrogen and oxygen atoms in total. The van der Waals surface area contributed by atoms with Gasteiger partial charge in [0.05, 0.1) is 7.11 Å². The molecule has 0 unspecified atom stereocenters. The molecule has 2 aromatic carbocycles. The minimum atomic E-state index is 0.143. The van der Waals surface area contributed by atoms with Gasteiger partial charge in [0.1, 0.15) is 5.75 Å². The van der Waals surface area contributed by atoms with Crippen molar-refractivity contribution in [3.05, 3.63) is 59.2 Å². The normalized spacial score (nSPS) is 20.3. The fourth-order valence-corrected chi connectivity index (χ4v) is 4.88. The summed E-state index contributed by atoms with van der Waals surface area (Å²) < 4.78 is 5.33. The summed E-state index contributed by atoms with van der Waals surface area (Å²) in [5.41, 5.74) is 4.46. The Morgan fingerprint density at radius 2 is 1.73 bits per heavy atom. The van der Waals surface area contributed by atoms with Crippen LogP contribution in [0.5, 0.6) is 5.75 Å². The molecule has 2 aromatic rings. The van der Waals surface area contributed by atoms with Crippen molar-refractivity contribution in [2.75, 3.05) is 51.3 Å². The Balaban J connectivity index is 1.37. The third-order valence-electron chi connectivity index (χ3n) is 6.61. The number of anilines is 1. The summed E-state index contributed by atoms with van der Waals surface area (Å²) in [5, 5.41) is 0. The fraction of sp³-hybridized carbons (Fsp3) is 0.480. The minimum absolute atomic E-state index is 0.143. The van der Waals surface area contributed by atoms with E-state index in [0.29, 0.717) is 6.04 Å². The highest BCUT2D eigenvalue weighted by molar-refractivity contribution is 5.94. The number of hydrogen-bond acceptors (Lipinski definition) is 4. The predicted octanol–water partition coefficient (Wildman–Crippen LogP) is 3.74. The van der Waals surface area contributed by atoms with E-state index in [-0.39, 0.29) is 5.91 Å². The number of carbonyl (C=O) groups excluding carboxylic acids is 1. The number of nitrogens with zero attached hydrogens (tertiary/aromatic N) is 3. The molecule has 2 aliphatic heterocycles. The van der Waals surface area contributed by atoms with E-state index >= 15 is 0 Å². The van der Waals surface area contributed by atoms with Crippen molar-refractivity contribution in [1.82, 2.24) is 9.80 Å². The minimum Gasteiger partial charge on any atom is -0.496 e. The molecule has 4 rings (SSSR count). The van der Waals surface area contributed by atoms with Crippen molar-refractivity contribution in [2.45, 2.75) is 32.7 Å². The summed E-state index contributed by atoms with van der Waals surface area (Å²) in [6.45, 7) is 10.1. The number of piperidine rings is 1. The Hall–Kier alpha value is -2.53. The molecular weight excluding hydrogens is 374 g/mol. The highest BCUT2D eigenvalue weighted by Gasteiger charge is 2.30. The van der Waals surface area contributed by atoms with Crippen LogP contribution in [0.3, 0.4) is 0 Å². The first kappa shape index (κ1) is 20.7. The van der Waals surface area contributed by atoms with Crippen LogP contribution in [0.2, 0.25) is 0 Å². The van der Waals surface area contributed by atoms with Crippen molar-refractivity contribution in [2.24, 2.45) is 0 Å². The van der Waals surface area contributed by atoms with Crippen molar-refractivity contribution >= 4 is 11.6 Å².